The lowest BCUT2D eigenvalue weighted by molar-refractivity contribution is 0.106. The van der Waals surface area contributed by atoms with Crippen LogP contribution in [0.1, 0.15) is 31.2 Å². The fourth-order valence-electron chi connectivity index (χ4n) is 2.22. The van der Waals surface area contributed by atoms with Crippen LogP contribution in [0.2, 0.25) is 0 Å². The van der Waals surface area contributed by atoms with E-state index in [1.165, 1.54) is 31.4 Å². The predicted molar refractivity (Wildman–Crippen MR) is 66.3 cm³/mol. The van der Waals surface area contributed by atoms with Gasteiger partial charge in [-0.1, -0.05) is 12.5 Å². The summed E-state index contributed by atoms with van der Waals surface area (Å²) in [4.78, 5) is 0. The third-order valence-corrected chi connectivity index (χ3v) is 3.30. The number of halogens is 2. The number of benzene rings is 1. The van der Waals surface area contributed by atoms with E-state index in [0.717, 1.165) is 19.0 Å². The molecule has 2 rings (SSSR count). The molecule has 4 heteroatoms. The van der Waals surface area contributed by atoms with Gasteiger partial charge in [-0.25, -0.2) is 8.78 Å². The van der Waals surface area contributed by atoms with Gasteiger partial charge in [0.05, 0.1) is 6.61 Å². The Hall–Kier alpha value is -1.00. The average Bonchev–Trinajstić information content (AvgIpc) is 2.38. The Labute approximate surface area is 106 Å². The van der Waals surface area contributed by atoms with Crippen molar-refractivity contribution in [2.24, 2.45) is 0 Å². The number of hydrogen-bond acceptors (Lipinski definition) is 2. The van der Waals surface area contributed by atoms with Crippen molar-refractivity contribution in [3.05, 3.63) is 35.4 Å². The normalized spacial score (nSPS) is 20.0. The van der Waals surface area contributed by atoms with Gasteiger partial charge in [-0.15, -0.1) is 0 Å². The van der Waals surface area contributed by atoms with Gasteiger partial charge in [0.2, 0.25) is 0 Å². The van der Waals surface area contributed by atoms with Gasteiger partial charge in [0.1, 0.15) is 11.6 Å². The lowest BCUT2D eigenvalue weighted by Gasteiger charge is -2.23. The van der Waals surface area contributed by atoms with Crippen LogP contribution < -0.4 is 5.32 Å². The highest BCUT2D eigenvalue weighted by Gasteiger charge is 2.12. The zero-order valence-corrected chi connectivity index (χ0v) is 10.4. The first kappa shape index (κ1) is 13.4. The SMILES string of the molecule is Fc1ccc(COCC[C@@H]2CCCCN2)c(F)c1. The Bertz CT molecular complexity index is 378. The molecular formula is C14H19F2NO. The molecule has 0 aliphatic carbocycles. The van der Waals surface area contributed by atoms with Crippen LogP contribution in [0.5, 0.6) is 0 Å². The maximum Gasteiger partial charge on any atom is 0.131 e. The van der Waals surface area contributed by atoms with Gasteiger partial charge in [-0.2, -0.15) is 0 Å². The number of rotatable bonds is 5. The van der Waals surface area contributed by atoms with E-state index in [0.29, 0.717) is 18.2 Å². The summed E-state index contributed by atoms with van der Waals surface area (Å²) in [5.41, 5.74) is 0.410. The molecule has 100 valence electrons. The van der Waals surface area contributed by atoms with Crippen molar-refractivity contribution in [2.45, 2.75) is 38.3 Å². The average molecular weight is 255 g/mol. The minimum atomic E-state index is -0.553. The lowest BCUT2D eigenvalue weighted by Crippen LogP contribution is -2.34. The Morgan fingerprint density at radius 3 is 2.89 bits per heavy atom. The molecule has 1 aliphatic rings. The topological polar surface area (TPSA) is 21.3 Å². The third-order valence-electron chi connectivity index (χ3n) is 3.30. The zero-order chi connectivity index (χ0) is 12.8. The van der Waals surface area contributed by atoms with E-state index < -0.39 is 11.6 Å². The molecule has 1 atom stereocenters. The molecule has 0 aromatic heterocycles. The number of piperidine rings is 1. The molecule has 0 bridgehead atoms. The van der Waals surface area contributed by atoms with Crippen molar-refractivity contribution < 1.29 is 13.5 Å². The van der Waals surface area contributed by atoms with Crippen molar-refractivity contribution >= 4 is 0 Å². The Balaban J connectivity index is 1.68. The van der Waals surface area contributed by atoms with Crippen LogP contribution >= 0.6 is 0 Å². The van der Waals surface area contributed by atoms with E-state index in [-0.39, 0.29) is 6.61 Å². The number of hydrogen-bond donors (Lipinski definition) is 1. The largest absolute Gasteiger partial charge is 0.377 e. The van der Waals surface area contributed by atoms with Crippen molar-refractivity contribution in [3.63, 3.8) is 0 Å². The zero-order valence-electron chi connectivity index (χ0n) is 10.4. The smallest absolute Gasteiger partial charge is 0.131 e. The monoisotopic (exact) mass is 255 g/mol. The quantitative estimate of drug-likeness (QED) is 0.817. The number of nitrogens with one attached hydrogen (secondary N) is 1. The highest BCUT2D eigenvalue weighted by Crippen LogP contribution is 2.12. The summed E-state index contributed by atoms with van der Waals surface area (Å²) in [7, 11) is 0. The molecule has 18 heavy (non-hydrogen) atoms. The summed E-state index contributed by atoms with van der Waals surface area (Å²) >= 11 is 0. The fraction of sp³-hybridized carbons (Fsp3) is 0.571. The summed E-state index contributed by atoms with van der Waals surface area (Å²) in [6.07, 6.45) is 4.65. The molecule has 1 aromatic rings. The first-order valence-corrected chi connectivity index (χ1v) is 6.51. The Kier molecular flexibility index (Phi) is 5.08. The molecule has 1 aliphatic heterocycles. The van der Waals surface area contributed by atoms with Gasteiger partial charge >= 0.3 is 0 Å². The Morgan fingerprint density at radius 1 is 1.28 bits per heavy atom. The lowest BCUT2D eigenvalue weighted by atomic mass is 10.0. The van der Waals surface area contributed by atoms with E-state index in [2.05, 4.69) is 5.32 Å². The van der Waals surface area contributed by atoms with Crippen LogP contribution in [0.15, 0.2) is 18.2 Å². The molecule has 0 radical (unpaired) electrons. The minimum absolute atomic E-state index is 0.207. The maximum absolute atomic E-state index is 13.3. The summed E-state index contributed by atoms with van der Waals surface area (Å²) < 4.78 is 31.4. The van der Waals surface area contributed by atoms with E-state index in [9.17, 15) is 8.78 Å². The predicted octanol–water partition coefficient (Wildman–Crippen LogP) is 3.01. The highest BCUT2D eigenvalue weighted by molar-refractivity contribution is 5.17. The van der Waals surface area contributed by atoms with Crippen molar-refractivity contribution in [1.82, 2.24) is 5.32 Å². The van der Waals surface area contributed by atoms with Crippen LogP contribution in [-0.2, 0) is 11.3 Å². The van der Waals surface area contributed by atoms with Gasteiger partial charge in [0, 0.05) is 24.3 Å². The summed E-state index contributed by atoms with van der Waals surface area (Å²) in [6.45, 7) is 1.89. The van der Waals surface area contributed by atoms with Gasteiger partial charge in [0.25, 0.3) is 0 Å². The van der Waals surface area contributed by atoms with Crippen LogP contribution in [0.25, 0.3) is 0 Å². The molecule has 0 spiro atoms. The molecule has 1 saturated heterocycles. The van der Waals surface area contributed by atoms with Crippen LogP contribution in [-0.4, -0.2) is 19.2 Å². The van der Waals surface area contributed by atoms with Gasteiger partial charge in [-0.05, 0) is 31.9 Å². The van der Waals surface area contributed by atoms with E-state index >= 15 is 0 Å². The molecule has 1 heterocycles. The van der Waals surface area contributed by atoms with Crippen molar-refractivity contribution in [2.75, 3.05) is 13.2 Å². The Morgan fingerprint density at radius 2 is 2.17 bits per heavy atom. The molecule has 1 aromatic carbocycles. The van der Waals surface area contributed by atoms with E-state index in [1.807, 2.05) is 0 Å². The maximum atomic E-state index is 13.3. The molecule has 0 saturated carbocycles. The highest BCUT2D eigenvalue weighted by atomic mass is 19.1. The molecule has 0 unspecified atom stereocenters. The number of ether oxygens (including phenoxy) is 1. The molecule has 2 nitrogen and oxygen atoms in total. The van der Waals surface area contributed by atoms with Gasteiger partial charge in [0.15, 0.2) is 0 Å². The van der Waals surface area contributed by atoms with E-state index in [1.54, 1.807) is 0 Å². The first-order valence-electron chi connectivity index (χ1n) is 6.51. The standard InChI is InChI=1S/C14H19F2NO/c15-12-5-4-11(14(16)9-12)10-18-8-6-13-3-1-2-7-17-13/h4-5,9,13,17H,1-3,6-8,10H2/t13-/m0/s1. The molecule has 1 N–H and O–H groups in total. The van der Waals surface area contributed by atoms with Gasteiger partial charge in [-0.3, -0.25) is 0 Å². The second-order valence-corrected chi connectivity index (χ2v) is 4.72. The van der Waals surface area contributed by atoms with Crippen LogP contribution in [0.4, 0.5) is 8.78 Å². The fourth-order valence-corrected chi connectivity index (χ4v) is 2.22. The van der Waals surface area contributed by atoms with Crippen molar-refractivity contribution in [1.29, 1.82) is 0 Å². The summed E-state index contributed by atoms with van der Waals surface area (Å²) in [5.74, 6) is -1.09. The summed E-state index contributed by atoms with van der Waals surface area (Å²) in [6, 6.07) is 4.10. The van der Waals surface area contributed by atoms with Crippen LogP contribution in [0, 0.1) is 11.6 Å². The summed E-state index contributed by atoms with van der Waals surface area (Å²) in [5, 5.41) is 3.43. The second kappa shape index (κ2) is 6.81. The first-order chi connectivity index (χ1) is 8.75. The molecule has 0 amide bonds. The molecule has 1 fully saturated rings. The van der Waals surface area contributed by atoms with Crippen LogP contribution in [0.3, 0.4) is 0 Å². The molecular weight excluding hydrogens is 236 g/mol. The minimum Gasteiger partial charge on any atom is -0.377 e. The van der Waals surface area contributed by atoms with E-state index in [4.69, 9.17) is 4.74 Å². The van der Waals surface area contributed by atoms with Crippen molar-refractivity contribution in [3.8, 4) is 0 Å². The second-order valence-electron chi connectivity index (χ2n) is 4.72. The van der Waals surface area contributed by atoms with Gasteiger partial charge < -0.3 is 10.1 Å². The third kappa shape index (κ3) is 4.03.